The summed E-state index contributed by atoms with van der Waals surface area (Å²) in [6.07, 6.45) is 0.992. The van der Waals surface area contributed by atoms with Crippen LogP contribution in [-0.4, -0.2) is 37.7 Å². The van der Waals surface area contributed by atoms with Crippen LogP contribution in [0.25, 0.3) is 0 Å². The molecule has 0 fully saturated rings. The molecule has 0 spiro atoms. The van der Waals surface area contributed by atoms with Crippen LogP contribution >= 0.6 is 11.6 Å². The monoisotopic (exact) mass is 417 g/mol. The summed E-state index contributed by atoms with van der Waals surface area (Å²) in [6, 6.07) is 11.8. The predicted molar refractivity (Wildman–Crippen MR) is 109 cm³/mol. The number of carbonyl (C=O) groups excluding carboxylic acids is 3. The van der Waals surface area contributed by atoms with Crippen LogP contribution in [0.4, 0.5) is 5.69 Å². The second kappa shape index (κ2) is 10.8. The number of amides is 2. The van der Waals surface area contributed by atoms with Crippen molar-refractivity contribution in [2.45, 2.75) is 13.3 Å². The molecule has 0 aliphatic heterocycles. The fraction of sp³-hybridized carbons (Fsp3) is 0.200. The van der Waals surface area contributed by atoms with Gasteiger partial charge in [0.15, 0.2) is 6.61 Å². The average Bonchev–Trinajstić information content (AvgIpc) is 2.69. The third-order valence-electron chi connectivity index (χ3n) is 3.62. The Bertz CT molecular complexity index is 930. The first kappa shape index (κ1) is 21.9. The Kier molecular flexibility index (Phi) is 8.17. The fourth-order valence-corrected chi connectivity index (χ4v) is 2.31. The SMILES string of the molecule is COC(=O)COc1cccc(C=NNC(=O)CC(=O)Nc2ccc(C)c(Cl)c2)c1. The molecule has 0 saturated carbocycles. The number of nitrogens with zero attached hydrogens (tertiary/aromatic N) is 1. The van der Waals surface area contributed by atoms with E-state index in [2.05, 4.69) is 20.6 Å². The van der Waals surface area contributed by atoms with Crippen molar-refractivity contribution in [2.75, 3.05) is 19.0 Å². The third-order valence-corrected chi connectivity index (χ3v) is 4.03. The zero-order chi connectivity index (χ0) is 21.2. The zero-order valence-corrected chi connectivity index (χ0v) is 16.7. The first-order valence-electron chi connectivity index (χ1n) is 8.55. The summed E-state index contributed by atoms with van der Waals surface area (Å²) in [4.78, 5) is 34.9. The van der Waals surface area contributed by atoms with Crippen molar-refractivity contribution < 1.29 is 23.9 Å². The van der Waals surface area contributed by atoms with Crippen molar-refractivity contribution in [1.82, 2.24) is 5.43 Å². The molecule has 2 amide bonds. The van der Waals surface area contributed by atoms with Crippen molar-refractivity contribution in [3.63, 3.8) is 0 Å². The highest BCUT2D eigenvalue weighted by Gasteiger charge is 2.09. The maximum Gasteiger partial charge on any atom is 0.343 e. The number of esters is 1. The minimum absolute atomic E-state index is 0.213. The number of aryl methyl sites for hydroxylation is 1. The predicted octanol–water partition coefficient (Wildman–Crippen LogP) is 2.68. The van der Waals surface area contributed by atoms with Gasteiger partial charge in [0.25, 0.3) is 0 Å². The van der Waals surface area contributed by atoms with Gasteiger partial charge in [-0.15, -0.1) is 0 Å². The molecule has 0 saturated heterocycles. The summed E-state index contributed by atoms with van der Waals surface area (Å²) in [5.74, 6) is -1.12. The summed E-state index contributed by atoms with van der Waals surface area (Å²) in [6.45, 7) is 1.63. The number of benzene rings is 2. The van der Waals surface area contributed by atoms with Gasteiger partial charge in [0.1, 0.15) is 12.2 Å². The van der Waals surface area contributed by atoms with Gasteiger partial charge in [0, 0.05) is 10.7 Å². The second-order valence-corrected chi connectivity index (χ2v) is 6.33. The molecule has 0 heterocycles. The van der Waals surface area contributed by atoms with E-state index in [0.717, 1.165) is 5.56 Å². The third kappa shape index (κ3) is 7.63. The fourth-order valence-electron chi connectivity index (χ4n) is 2.13. The summed E-state index contributed by atoms with van der Waals surface area (Å²) in [5, 5.41) is 6.92. The molecule has 0 radical (unpaired) electrons. The van der Waals surface area contributed by atoms with Crippen LogP contribution < -0.4 is 15.5 Å². The van der Waals surface area contributed by atoms with Gasteiger partial charge in [-0.25, -0.2) is 10.2 Å². The number of ether oxygens (including phenoxy) is 2. The molecule has 0 aliphatic rings. The van der Waals surface area contributed by atoms with Crippen LogP contribution in [0.15, 0.2) is 47.6 Å². The van der Waals surface area contributed by atoms with Crippen LogP contribution in [0.2, 0.25) is 5.02 Å². The number of rotatable bonds is 8. The zero-order valence-electron chi connectivity index (χ0n) is 15.9. The Morgan fingerprint density at radius 3 is 2.66 bits per heavy atom. The Labute approximate surface area is 172 Å². The number of nitrogens with one attached hydrogen (secondary N) is 2. The molecule has 2 aromatic carbocycles. The quantitative estimate of drug-likeness (QED) is 0.297. The molecule has 0 atom stereocenters. The lowest BCUT2D eigenvalue weighted by molar-refractivity contribution is -0.143. The lowest BCUT2D eigenvalue weighted by atomic mass is 10.2. The van der Waals surface area contributed by atoms with Crippen molar-refractivity contribution in [2.24, 2.45) is 5.10 Å². The number of hydrogen-bond donors (Lipinski definition) is 2. The molecule has 2 N–H and O–H groups in total. The van der Waals surface area contributed by atoms with Crippen molar-refractivity contribution >= 4 is 41.3 Å². The molecular formula is C20H20ClN3O5. The highest BCUT2D eigenvalue weighted by Crippen LogP contribution is 2.20. The molecule has 0 unspecified atom stereocenters. The van der Waals surface area contributed by atoms with E-state index < -0.39 is 24.2 Å². The van der Waals surface area contributed by atoms with Crippen molar-refractivity contribution in [3.8, 4) is 5.75 Å². The molecule has 2 aromatic rings. The van der Waals surface area contributed by atoms with Crippen molar-refractivity contribution in [1.29, 1.82) is 0 Å². The van der Waals surface area contributed by atoms with Gasteiger partial charge in [-0.1, -0.05) is 29.8 Å². The molecular weight excluding hydrogens is 398 g/mol. The van der Waals surface area contributed by atoms with E-state index in [0.29, 0.717) is 22.0 Å². The number of carbonyl (C=O) groups is 3. The Hall–Kier alpha value is -3.39. The minimum Gasteiger partial charge on any atom is -0.482 e. The summed E-state index contributed by atoms with van der Waals surface area (Å²) in [7, 11) is 1.27. The van der Waals surface area contributed by atoms with E-state index in [9.17, 15) is 14.4 Å². The lowest BCUT2D eigenvalue weighted by Crippen LogP contribution is -2.24. The van der Waals surface area contributed by atoms with Crippen LogP contribution in [-0.2, 0) is 19.1 Å². The largest absolute Gasteiger partial charge is 0.482 e. The molecule has 152 valence electrons. The van der Waals surface area contributed by atoms with Gasteiger partial charge in [-0.05, 0) is 42.3 Å². The van der Waals surface area contributed by atoms with Crippen LogP contribution in [0.3, 0.4) is 0 Å². The number of methoxy groups -OCH3 is 1. The highest BCUT2D eigenvalue weighted by molar-refractivity contribution is 6.31. The van der Waals surface area contributed by atoms with Gasteiger partial charge >= 0.3 is 5.97 Å². The molecule has 0 aromatic heterocycles. The number of halogens is 1. The standard InChI is InChI=1S/C20H20ClN3O5/c1-13-6-7-15(9-17(13)21)23-18(25)10-19(26)24-22-11-14-4-3-5-16(8-14)29-12-20(27)28-2/h3-9,11H,10,12H2,1-2H3,(H,23,25)(H,24,26). The van der Waals surface area contributed by atoms with Crippen LogP contribution in [0.1, 0.15) is 17.5 Å². The van der Waals surface area contributed by atoms with Gasteiger partial charge in [-0.3, -0.25) is 9.59 Å². The first-order chi connectivity index (χ1) is 13.9. The highest BCUT2D eigenvalue weighted by atomic mass is 35.5. The second-order valence-electron chi connectivity index (χ2n) is 5.92. The van der Waals surface area contributed by atoms with Crippen LogP contribution in [0, 0.1) is 6.92 Å². The molecule has 2 rings (SSSR count). The van der Waals surface area contributed by atoms with E-state index in [-0.39, 0.29) is 6.61 Å². The van der Waals surface area contributed by atoms with Gasteiger partial charge in [0.05, 0.1) is 13.3 Å². The van der Waals surface area contributed by atoms with Gasteiger partial charge in [-0.2, -0.15) is 5.10 Å². The molecule has 9 heteroatoms. The first-order valence-corrected chi connectivity index (χ1v) is 8.93. The summed E-state index contributed by atoms with van der Waals surface area (Å²) < 4.78 is 9.76. The molecule has 29 heavy (non-hydrogen) atoms. The summed E-state index contributed by atoms with van der Waals surface area (Å²) >= 11 is 6.00. The average molecular weight is 418 g/mol. The number of anilines is 1. The van der Waals surface area contributed by atoms with E-state index in [1.807, 2.05) is 6.92 Å². The maximum absolute atomic E-state index is 11.9. The Morgan fingerprint density at radius 2 is 1.93 bits per heavy atom. The number of hydrogen-bond acceptors (Lipinski definition) is 6. The van der Waals surface area contributed by atoms with Crippen molar-refractivity contribution in [3.05, 3.63) is 58.6 Å². The lowest BCUT2D eigenvalue weighted by Gasteiger charge is -2.06. The van der Waals surface area contributed by atoms with Gasteiger partial charge in [0.2, 0.25) is 11.8 Å². The maximum atomic E-state index is 11.9. The van der Waals surface area contributed by atoms with E-state index in [1.165, 1.54) is 13.3 Å². The normalized spacial score (nSPS) is 10.4. The van der Waals surface area contributed by atoms with E-state index in [1.54, 1.807) is 42.5 Å². The molecule has 8 nitrogen and oxygen atoms in total. The van der Waals surface area contributed by atoms with Crippen LogP contribution in [0.5, 0.6) is 5.75 Å². The molecule has 0 bridgehead atoms. The van der Waals surface area contributed by atoms with E-state index in [4.69, 9.17) is 16.3 Å². The minimum atomic E-state index is -0.574. The Balaban J connectivity index is 1.82. The topological polar surface area (TPSA) is 106 Å². The van der Waals surface area contributed by atoms with E-state index >= 15 is 0 Å². The smallest absolute Gasteiger partial charge is 0.343 e. The number of hydrazone groups is 1. The van der Waals surface area contributed by atoms with Gasteiger partial charge < -0.3 is 14.8 Å². The summed E-state index contributed by atoms with van der Waals surface area (Å²) in [5.41, 5.74) is 4.30. The Morgan fingerprint density at radius 1 is 1.14 bits per heavy atom. The molecule has 0 aliphatic carbocycles.